The molecule has 92 valence electrons. The fourth-order valence-corrected chi connectivity index (χ4v) is 1.65. The molecule has 0 radical (unpaired) electrons. The lowest BCUT2D eigenvalue weighted by Crippen LogP contribution is -1.95. The van der Waals surface area contributed by atoms with Gasteiger partial charge in [0.15, 0.2) is 0 Å². The van der Waals surface area contributed by atoms with Gasteiger partial charge in [-0.15, -0.1) is 0 Å². The molecule has 0 aliphatic rings. The van der Waals surface area contributed by atoms with Crippen LogP contribution in [0.4, 0.5) is 21.5 Å². The molecule has 2 aromatic rings. The molecule has 6 heteroatoms. The predicted molar refractivity (Wildman–Crippen MR) is 67.8 cm³/mol. The molecule has 0 aromatic heterocycles. The minimum Gasteiger partial charge on any atom is -0.354 e. The van der Waals surface area contributed by atoms with Crippen molar-refractivity contribution in [3.05, 3.63) is 63.4 Å². The van der Waals surface area contributed by atoms with Crippen molar-refractivity contribution in [2.24, 2.45) is 0 Å². The maximum absolute atomic E-state index is 13.2. The molecule has 18 heavy (non-hydrogen) atoms. The van der Waals surface area contributed by atoms with Gasteiger partial charge in [0.1, 0.15) is 5.82 Å². The zero-order valence-corrected chi connectivity index (χ0v) is 9.82. The van der Waals surface area contributed by atoms with Crippen LogP contribution in [0.15, 0.2) is 42.5 Å². The van der Waals surface area contributed by atoms with Crippen LogP contribution in [0.2, 0.25) is 5.02 Å². The lowest BCUT2D eigenvalue weighted by molar-refractivity contribution is -0.385. The van der Waals surface area contributed by atoms with Crippen LogP contribution in [0.3, 0.4) is 0 Å². The summed E-state index contributed by atoms with van der Waals surface area (Å²) in [6.07, 6.45) is 0. The normalized spacial score (nSPS) is 10.1. The second-order valence-corrected chi connectivity index (χ2v) is 3.97. The number of nitrogens with one attached hydrogen (secondary N) is 1. The van der Waals surface area contributed by atoms with Crippen LogP contribution in [0, 0.1) is 15.9 Å². The average molecular weight is 267 g/mol. The van der Waals surface area contributed by atoms with Gasteiger partial charge >= 0.3 is 0 Å². The Bertz CT molecular complexity index is 604. The van der Waals surface area contributed by atoms with Gasteiger partial charge in [-0.05, 0) is 18.2 Å². The number of nitrogens with zero attached hydrogens (tertiary/aromatic N) is 1. The van der Waals surface area contributed by atoms with E-state index in [-0.39, 0.29) is 11.4 Å². The first-order chi connectivity index (χ1) is 8.56. The third-order valence-electron chi connectivity index (χ3n) is 2.25. The number of halogens is 2. The topological polar surface area (TPSA) is 55.2 Å². The maximum Gasteiger partial charge on any atom is 0.274 e. The van der Waals surface area contributed by atoms with Gasteiger partial charge in [0.25, 0.3) is 5.69 Å². The number of anilines is 2. The Labute approximate surface area is 107 Å². The fraction of sp³-hybridized carbons (Fsp3) is 0. The summed E-state index contributed by atoms with van der Waals surface area (Å²) < 4.78 is 13.2. The van der Waals surface area contributed by atoms with E-state index < -0.39 is 10.7 Å². The predicted octanol–water partition coefficient (Wildman–Crippen LogP) is 4.13. The molecule has 4 nitrogen and oxygen atoms in total. The van der Waals surface area contributed by atoms with Gasteiger partial charge in [-0.3, -0.25) is 10.1 Å². The highest BCUT2D eigenvalue weighted by molar-refractivity contribution is 6.33. The van der Waals surface area contributed by atoms with E-state index in [4.69, 9.17) is 11.6 Å². The van der Waals surface area contributed by atoms with Crippen LogP contribution in [0.1, 0.15) is 0 Å². The van der Waals surface area contributed by atoms with Crippen LogP contribution in [-0.2, 0) is 0 Å². The van der Waals surface area contributed by atoms with Gasteiger partial charge in [-0.2, -0.15) is 0 Å². The van der Waals surface area contributed by atoms with E-state index in [2.05, 4.69) is 5.32 Å². The molecule has 0 fully saturated rings. The molecule has 0 unspecified atom stereocenters. The van der Waals surface area contributed by atoms with E-state index >= 15 is 0 Å². The summed E-state index contributed by atoms with van der Waals surface area (Å²) >= 11 is 5.93. The van der Waals surface area contributed by atoms with Crippen LogP contribution in [0.25, 0.3) is 0 Å². The van der Waals surface area contributed by atoms with Crippen LogP contribution in [0.5, 0.6) is 0 Å². The van der Waals surface area contributed by atoms with E-state index in [1.54, 1.807) is 24.3 Å². The third-order valence-corrected chi connectivity index (χ3v) is 2.58. The number of hydrogen-bond acceptors (Lipinski definition) is 3. The Morgan fingerprint density at radius 2 is 1.94 bits per heavy atom. The van der Waals surface area contributed by atoms with Gasteiger partial charge in [0.2, 0.25) is 0 Å². The Hall–Kier alpha value is -2.14. The maximum atomic E-state index is 13.2. The van der Waals surface area contributed by atoms with Crippen molar-refractivity contribution in [2.75, 3.05) is 5.32 Å². The molecule has 1 N–H and O–H groups in total. The van der Waals surface area contributed by atoms with Crippen LogP contribution >= 0.6 is 11.6 Å². The number of nitro groups is 1. The molecule has 0 amide bonds. The second kappa shape index (κ2) is 5.01. The summed E-state index contributed by atoms with van der Waals surface area (Å²) in [5.41, 5.74) is 0.512. The van der Waals surface area contributed by atoms with Gasteiger partial charge in [-0.25, -0.2) is 4.39 Å². The molecular weight excluding hydrogens is 259 g/mol. The molecular formula is C12H8ClFN2O2. The Kier molecular flexibility index (Phi) is 3.43. The Morgan fingerprint density at radius 3 is 2.61 bits per heavy atom. The number of nitro benzene ring substituents is 1. The second-order valence-electron chi connectivity index (χ2n) is 3.56. The van der Waals surface area contributed by atoms with Crippen molar-refractivity contribution >= 4 is 28.7 Å². The first kappa shape index (κ1) is 12.3. The molecule has 2 aromatic carbocycles. The summed E-state index contributed by atoms with van der Waals surface area (Å²) in [5, 5.41) is 13.9. The Balaban J connectivity index is 2.35. The van der Waals surface area contributed by atoms with Crippen molar-refractivity contribution in [1.29, 1.82) is 0 Å². The molecule has 0 heterocycles. The third kappa shape index (κ3) is 2.75. The molecule has 0 spiro atoms. The van der Waals surface area contributed by atoms with Gasteiger partial charge < -0.3 is 5.32 Å². The average Bonchev–Trinajstić information content (AvgIpc) is 2.31. The zero-order chi connectivity index (χ0) is 13.1. The lowest BCUT2D eigenvalue weighted by Gasteiger charge is -2.08. The minimum atomic E-state index is -0.682. The first-order valence-electron chi connectivity index (χ1n) is 5.03. The summed E-state index contributed by atoms with van der Waals surface area (Å²) in [5.74, 6) is -0.682. The summed E-state index contributed by atoms with van der Waals surface area (Å²) in [6.45, 7) is 0. The first-order valence-corrected chi connectivity index (χ1v) is 5.40. The molecule has 0 aliphatic heterocycles. The van der Waals surface area contributed by atoms with E-state index in [0.717, 1.165) is 12.1 Å². The highest BCUT2D eigenvalue weighted by Crippen LogP contribution is 2.27. The molecule has 0 saturated carbocycles. The summed E-state index contributed by atoms with van der Waals surface area (Å²) in [4.78, 5) is 9.96. The highest BCUT2D eigenvalue weighted by Gasteiger charge is 2.10. The van der Waals surface area contributed by atoms with Crippen LogP contribution in [-0.4, -0.2) is 4.92 Å². The summed E-state index contributed by atoms with van der Waals surface area (Å²) in [7, 11) is 0. The number of non-ortho nitro benzene ring substituents is 1. The van der Waals surface area contributed by atoms with Crippen molar-refractivity contribution < 1.29 is 9.31 Å². The van der Waals surface area contributed by atoms with E-state index in [9.17, 15) is 14.5 Å². The summed E-state index contributed by atoms with van der Waals surface area (Å²) in [6, 6.07) is 10.1. The van der Waals surface area contributed by atoms with Crippen molar-refractivity contribution in [3.8, 4) is 0 Å². The van der Waals surface area contributed by atoms with Gasteiger partial charge in [-0.1, -0.05) is 23.7 Å². The molecule has 0 saturated heterocycles. The number of benzene rings is 2. The zero-order valence-electron chi connectivity index (χ0n) is 9.06. The largest absolute Gasteiger partial charge is 0.354 e. The highest BCUT2D eigenvalue weighted by atomic mass is 35.5. The fourth-order valence-electron chi connectivity index (χ4n) is 1.47. The van der Waals surface area contributed by atoms with Crippen molar-refractivity contribution in [1.82, 2.24) is 0 Å². The van der Waals surface area contributed by atoms with Crippen molar-refractivity contribution in [3.63, 3.8) is 0 Å². The molecule has 0 atom stereocenters. The Morgan fingerprint density at radius 1 is 1.22 bits per heavy atom. The van der Waals surface area contributed by atoms with Gasteiger partial charge in [0, 0.05) is 11.8 Å². The van der Waals surface area contributed by atoms with Crippen molar-refractivity contribution in [2.45, 2.75) is 0 Å². The SMILES string of the molecule is O=[N+]([O-])c1cc(F)cc(Nc2ccccc2Cl)c1. The van der Waals surface area contributed by atoms with Crippen LogP contribution < -0.4 is 5.32 Å². The van der Waals surface area contributed by atoms with Gasteiger partial charge in [0.05, 0.1) is 21.7 Å². The van der Waals surface area contributed by atoms with E-state index in [1.807, 2.05) is 0 Å². The van der Waals surface area contributed by atoms with E-state index in [0.29, 0.717) is 10.7 Å². The lowest BCUT2D eigenvalue weighted by atomic mass is 10.2. The standard InChI is InChI=1S/C12H8ClFN2O2/c13-11-3-1-2-4-12(11)15-9-5-8(14)6-10(7-9)16(17)18/h1-7,15H. The quantitative estimate of drug-likeness (QED) is 0.671. The number of rotatable bonds is 3. The monoisotopic (exact) mass is 266 g/mol. The molecule has 2 rings (SSSR count). The minimum absolute atomic E-state index is 0.273. The smallest absolute Gasteiger partial charge is 0.274 e. The molecule has 0 aliphatic carbocycles. The number of hydrogen-bond donors (Lipinski definition) is 1. The number of para-hydroxylation sites is 1. The molecule has 0 bridgehead atoms. The van der Waals surface area contributed by atoms with E-state index in [1.165, 1.54) is 6.07 Å².